The zero-order valence-corrected chi connectivity index (χ0v) is 9.08. The van der Waals surface area contributed by atoms with E-state index in [2.05, 4.69) is 26.3 Å². The lowest BCUT2D eigenvalue weighted by molar-refractivity contribution is 0.0958. The predicted molar refractivity (Wildman–Crippen MR) is 56.3 cm³/mol. The van der Waals surface area contributed by atoms with E-state index < -0.39 is 0 Å². The second kappa shape index (κ2) is 3.42. The lowest BCUT2D eigenvalue weighted by atomic mass is 10.3. The Kier molecular flexibility index (Phi) is 2.25. The smallest absolute Gasteiger partial charge is 0.271 e. The van der Waals surface area contributed by atoms with Gasteiger partial charge in [-0.2, -0.15) is 5.10 Å². The summed E-state index contributed by atoms with van der Waals surface area (Å²) in [5, 5.41) is 6.65. The standard InChI is InChI=1S/C9H8BrN3O/c1-11-9(14)7-5-8-6(10)3-2-4-13(8)12-7/h2-5H,1H3,(H,11,14). The number of nitrogens with one attached hydrogen (secondary N) is 1. The topological polar surface area (TPSA) is 46.4 Å². The van der Waals surface area contributed by atoms with Crippen molar-refractivity contribution >= 4 is 27.4 Å². The molecule has 1 N–H and O–H groups in total. The van der Waals surface area contributed by atoms with Gasteiger partial charge in [0.05, 0.1) is 5.52 Å². The number of nitrogens with zero attached hydrogens (tertiary/aromatic N) is 2. The molecule has 0 fully saturated rings. The number of pyridine rings is 1. The van der Waals surface area contributed by atoms with E-state index >= 15 is 0 Å². The molecule has 4 nitrogen and oxygen atoms in total. The van der Waals surface area contributed by atoms with Crippen molar-refractivity contribution in [3.8, 4) is 0 Å². The molecule has 72 valence electrons. The number of fused-ring (bicyclic) bond motifs is 1. The van der Waals surface area contributed by atoms with Crippen molar-refractivity contribution in [3.05, 3.63) is 34.6 Å². The number of aromatic nitrogens is 2. The van der Waals surface area contributed by atoms with Crippen molar-refractivity contribution in [2.75, 3.05) is 7.05 Å². The molecule has 0 saturated carbocycles. The molecule has 0 radical (unpaired) electrons. The monoisotopic (exact) mass is 253 g/mol. The molecule has 2 heterocycles. The Labute approximate surface area is 89.0 Å². The maximum atomic E-state index is 11.3. The van der Waals surface area contributed by atoms with Gasteiger partial charge in [0.2, 0.25) is 0 Å². The van der Waals surface area contributed by atoms with Gasteiger partial charge in [-0.15, -0.1) is 0 Å². The van der Waals surface area contributed by atoms with Gasteiger partial charge in [-0.1, -0.05) is 0 Å². The molecular formula is C9H8BrN3O. The fourth-order valence-corrected chi connectivity index (χ4v) is 1.67. The van der Waals surface area contributed by atoms with Gasteiger partial charge in [0.25, 0.3) is 5.91 Å². The third-order valence-corrected chi connectivity index (χ3v) is 2.58. The van der Waals surface area contributed by atoms with E-state index in [-0.39, 0.29) is 5.91 Å². The maximum Gasteiger partial charge on any atom is 0.271 e. The fourth-order valence-electron chi connectivity index (χ4n) is 1.22. The van der Waals surface area contributed by atoms with E-state index in [1.54, 1.807) is 23.8 Å². The summed E-state index contributed by atoms with van der Waals surface area (Å²) in [6.45, 7) is 0. The van der Waals surface area contributed by atoms with Crippen molar-refractivity contribution in [2.45, 2.75) is 0 Å². The molecule has 2 aromatic rings. The summed E-state index contributed by atoms with van der Waals surface area (Å²) in [5.41, 5.74) is 1.30. The fraction of sp³-hybridized carbons (Fsp3) is 0.111. The normalized spacial score (nSPS) is 10.4. The van der Waals surface area contributed by atoms with Crippen LogP contribution in [0.1, 0.15) is 10.5 Å². The van der Waals surface area contributed by atoms with E-state index in [0.29, 0.717) is 5.69 Å². The first-order chi connectivity index (χ1) is 6.72. The van der Waals surface area contributed by atoms with Crippen molar-refractivity contribution in [1.82, 2.24) is 14.9 Å². The summed E-state index contributed by atoms with van der Waals surface area (Å²) >= 11 is 3.39. The Morgan fingerprint density at radius 2 is 2.43 bits per heavy atom. The minimum atomic E-state index is -0.180. The first-order valence-electron chi connectivity index (χ1n) is 4.08. The SMILES string of the molecule is CNC(=O)c1cc2c(Br)cccn2n1. The minimum absolute atomic E-state index is 0.180. The van der Waals surface area contributed by atoms with E-state index in [0.717, 1.165) is 9.99 Å². The molecule has 0 aromatic carbocycles. The van der Waals surface area contributed by atoms with Crippen molar-refractivity contribution in [3.63, 3.8) is 0 Å². The van der Waals surface area contributed by atoms with Crippen LogP contribution in [0.4, 0.5) is 0 Å². The van der Waals surface area contributed by atoms with Gasteiger partial charge >= 0.3 is 0 Å². The average Bonchev–Trinajstić information content (AvgIpc) is 2.62. The Morgan fingerprint density at radius 3 is 3.07 bits per heavy atom. The van der Waals surface area contributed by atoms with Crippen LogP contribution in [0.25, 0.3) is 5.52 Å². The summed E-state index contributed by atoms with van der Waals surface area (Å²) in [5.74, 6) is -0.180. The van der Waals surface area contributed by atoms with Crippen LogP contribution >= 0.6 is 15.9 Å². The highest BCUT2D eigenvalue weighted by Crippen LogP contribution is 2.18. The number of carbonyl (C=O) groups excluding carboxylic acids is 1. The third-order valence-electron chi connectivity index (χ3n) is 1.91. The minimum Gasteiger partial charge on any atom is -0.354 e. The van der Waals surface area contributed by atoms with E-state index in [1.165, 1.54) is 0 Å². The van der Waals surface area contributed by atoms with Crippen molar-refractivity contribution in [1.29, 1.82) is 0 Å². The van der Waals surface area contributed by atoms with Crippen LogP contribution in [0.15, 0.2) is 28.9 Å². The molecule has 14 heavy (non-hydrogen) atoms. The molecular weight excluding hydrogens is 246 g/mol. The van der Waals surface area contributed by atoms with Crippen LogP contribution in [-0.2, 0) is 0 Å². The summed E-state index contributed by atoms with van der Waals surface area (Å²) in [6, 6.07) is 5.51. The van der Waals surface area contributed by atoms with E-state index in [1.807, 2.05) is 12.1 Å². The molecule has 2 aromatic heterocycles. The molecule has 2 rings (SSSR count). The summed E-state index contributed by atoms with van der Waals surface area (Å²) < 4.78 is 2.58. The van der Waals surface area contributed by atoms with Crippen LogP contribution < -0.4 is 5.32 Å². The number of hydrogen-bond donors (Lipinski definition) is 1. The molecule has 1 amide bonds. The molecule has 0 atom stereocenters. The number of hydrogen-bond acceptors (Lipinski definition) is 2. The van der Waals surface area contributed by atoms with Gasteiger partial charge in [0, 0.05) is 17.7 Å². The summed E-state index contributed by atoms with van der Waals surface area (Å²) in [6.07, 6.45) is 1.80. The second-order valence-electron chi connectivity index (χ2n) is 2.79. The number of rotatable bonds is 1. The highest BCUT2D eigenvalue weighted by atomic mass is 79.9. The average molecular weight is 254 g/mol. The third kappa shape index (κ3) is 1.39. The Balaban J connectivity index is 2.62. The van der Waals surface area contributed by atoms with Crippen LogP contribution in [0.2, 0.25) is 0 Å². The van der Waals surface area contributed by atoms with E-state index in [9.17, 15) is 4.79 Å². The van der Waals surface area contributed by atoms with Crippen LogP contribution in [0, 0.1) is 0 Å². The highest BCUT2D eigenvalue weighted by molar-refractivity contribution is 9.10. The van der Waals surface area contributed by atoms with Crippen molar-refractivity contribution in [2.24, 2.45) is 0 Å². The molecule has 0 aliphatic heterocycles. The number of carbonyl (C=O) groups is 1. The van der Waals surface area contributed by atoms with Gasteiger partial charge in [0.1, 0.15) is 0 Å². The lowest BCUT2D eigenvalue weighted by Gasteiger charge is -1.92. The number of halogens is 1. The summed E-state index contributed by atoms with van der Waals surface area (Å²) in [4.78, 5) is 11.3. The quantitative estimate of drug-likeness (QED) is 0.837. The zero-order chi connectivity index (χ0) is 10.1. The van der Waals surface area contributed by atoms with Crippen LogP contribution in [-0.4, -0.2) is 22.6 Å². The van der Waals surface area contributed by atoms with Gasteiger partial charge in [-0.3, -0.25) is 4.79 Å². The number of amides is 1. The molecule has 0 spiro atoms. The van der Waals surface area contributed by atoms with E-state index in [4.69, 9.17) is 0 Å². The Hall–Kier alpha value is -1.36. The van der Waals surface area contributed by atoms with Gasteiger partial charge < -0.3 is 5.32 Å². The Morgan fingerprint density at radius 1 is 1.64 bits per heavy atom. The molecule has 0 saturated heterocycles. The largest absolute Gasteiger partial charge is 0.354 e. The first kappa shape index (κ1) is 9.21. The predicted octanol–water partition coefficient (Wildman–Crippen LogP) is 1.46. The highest BCUT2D eigenvalue weighted by Gasteiger charge is 2.09. The Bertz CT molecular complexity index is 492. The van der Waals surface area contributed by atoms with Crippen LogP contribution in [0.3, 0.4) is 0 Å². The molecule has 0 bridgehead atoms. The second-order valence-corrected chi connectivity index (χ2v) is 3.65. The first-order valence-corrected chi connectivity index (χ1v) is 4.87. The molecule has 0 aliphatic carbocycles. The maximum absolute atomic E-state index is 11.3. The zero-order valence-electron chi connectivity index (χ0n) is 7.49. The van der Waals surface area contributed by atoms with Gasteiger partial charge in [0.15, 0.2) is 5.69 Å². The molecule has 0 aliphatic rings. The van der Waals surface area contributed by atoms with Gasteiger partial charge in [-0.05, 0) is 34.1 Å². The summed E-state index contributed by atoms with van der Waals surface area (Å²) in [7, 11) is 1.58. The van der Waals surface area contributed by atoms with Crippen LogP contribution in [0.5, 0.6) is 0 Å². The van der Waals surface area contributed by atoms with Gasteiger partial charge in [-0.25, -0.2) is 4.52 Å². The lowest BCUT2D eigenvalue weighted by Crippen LogP contribution is -2.18. The van der Waals surface area contributed by atoms with Crippen molar-refractivity contribution < 1.29 is 4.79 Å². The molecule has 0 unspecified atom stereocenters. The molecule has 5 heteroatoms.